The van der Waals surface area contributed by atoms with Crippen LogP contribution in [0.5, 0.6) is 0 Å². The second-order valence-corrected chi connectivity index (χ2v) is 6.69. The number of hydrogen-bond acceptors (Lipinski definition) is 4. The van der Waals surface area contributed by atoms with Gasteiger partial charge in [0.2, 0.25) is 0 Å². The molecule has 0 saturated heterocycles. The molecule has 1 aliphatic carbocycles. The SMILES string of the molecule is NC1CCC(n2cc(C(=O)NCc3cccc4[nH]ccc34)nn2)CC1. The smallest absolute Gasteiger partial charge is 0.273 e. The van der Waals surface area contributed by atoms with Crippen LogP contribution in [-0.2, 0) is 6.54 Å². The van der Waals surface area contributed by atoms with E-state index in [-0.39, 0.29) is 5.91 Å². The van der Waals surface area contributed by atoms with Crippen LogP contribution in [0.15, 0.2) is 36.7 Å². The van der Waals surface area contributed by atoms with Gasteiger partial charge in [-0.15, -0.1) is 5.10 Å². The molecule has 130 valence electrons. The van der Waals surface area contributed by atoms with E-state index in [0.717, 1.165) is 42.1 Å². The first-order valence-corrected chi connectivity index (χ1v) is 8.71. The molecule has 4 rings (SSSR count). The number of aromatic nitrogens is 4. The molecule has 3 aromatic rings. The highest BCUT2D eigenvalue weighted by molar-refractivity contribution is 5.92. The zero-order valence-corrected chi connectivity index (χ0v) is 14.0. The molecule has 0 bridgehead atoms. The molecule has 1 saturated carbocycles. The second-order valence-electron chi connectivity index (χ2n) is 6.69. The number of H-pyrrole nitrogens is 1. The predicted octanol–water partition coefficient (Wildman–Crippen LogP) is 2.13. The van der Waals surface area contributed by atoms with Crippen molar-refractivity contribution in [3.05, 3.63) is 47.9 Å². The fraction of sp³-hybridized carbons (Fsp3) is 0.389. The van der Waals surface area contributed by atoms with Gasteiger partial charge in [-0.25, -0.2) is 4.68 Å². The van der Waals surface area contributed by atoms with Gasteiger partial charge in [-0.2, -0.15) is 0 Å². The number of hydrogen-bond donors (Lipinski definition) is 3. The number of nitrogens with one attached hydrogen (secondary N) is 2. The van der Waals surface area contributed by atoms with Crippen LogP contribution in [0.2, 0.25) is 0 Å². The molecule has 4 N–H and O–H groups in total. The van der Waals surface area contributed by atoms with E-state index < -0.39 is 0 Å². The lowest BCUT2D eigenvalue weighted by Crippen LogP contribution is -2.28. The van der Waals surface area contributed by atoms with E-state index in [0.29, 0.717) is 24.3 Å². The van der Waals surface area contributed by atoms with Crippen molar-refractivity contribution in [1.82, 2.24) is 25.3 Å². The molecular formula is C18H22N6O. The molecule has 0 atom stereocenters. The van der Waals surface area contributed by atoms with Crippen LogP contribution in [0, 0.1) is 0 Å². The van der Waals surface area contributed by atoms with E-state index in [1.165, 1.54) is 0 Å². The Morgan fingerprint density at radius 1 is 1.28 bits per heavy atom. The number of rotatable bonds is 4. The Morgan fingerprint density at radius 2 is 2.12 bits per heavy atom. The Balaban J connectivity index is 1.41. The molecule has 0 aliphatic heterocycles. The molecule has 0 unspecified atom stereocenters. The second kappa shape index (κ2) is 6.68. The Morgan fingerprint density at radius 3 is 2.96 bits per heavy atom. The van der Waals surface area contributed by atoms with Gasteiger partial charge in [-0.05, 0) is 43.4 Å². The summed E-state index contributed by atoms with van der Waals surface area (Å²) < 4.78 is 1.81. The van der Waals surface area contributed by atoms with E-state index in [1.807, 2.05) is 35.1 Å². The number of carbonyl (C=O) groups excluding carboxylic acids is 1. The van der Waals surface area contributed by atoms with Crippen LogP contribution in [0.1, 0.15) is 47.8 Å². The van der Waals surface area contributed by atoms with Crippen LogP contribution in [0.3, 0.4) is 0 Å². The number of carbonyl (C=O) groups is 1. The van der Waals surface area contributed by atoms with Crippen molar-refractivity contribution in [3.63, 3.8) is 0 Å². The highest BCUT2D eigenvalue weighted by atomic mass is 16.2. The van der Waals surface area contributed by atoms with Crippen LogP contribution in [0.25, 0.3) is 10.9 Å². The third-order valence-electron chi connectivity index (χ3n) is 4.98. The predicted molar refractivity (Wildman–Crippen MR) is 95.0 cm³/mol. The van der Waals surface area contributed by atoms with Gasteiger partial charge >= 0.3 is 0 Å². The number of fused-ring (bicyclic) bond motifs is 1. The van der Waals surface area contributed by atoms with Gasteiger partial charge in [0.05, 0.1) is 12.2 Å². The highest BCUT2D eigenvalue weighted by Crippen LogP contribution is 2.26. The van der Waals surface area contributed by atoms with Crippen molar-refractivity contribution in [2.45, 2.75) is 44.3 Å². The van der Waals surface area contributed by atoms with Crippen molar-refractivity contribution in [1.29, 1.82) is 0 Å². The fourth-order valence-electron chi connectivity index (χ4n) is 3.50. The van der Waals surface area contributed by atoms with E-state index in [9.17, 15) is 4.79 Å². The minimum absolute atomic E-state index is 0.203. The Hall–Kier alpha value is -2.67. The minimum Gasteiger partial charge on any atom is -0.361 e. The van der Waals surface area contributed by atoms with Gasteiger partial charge in [-0.1, -0.05) is 17.3 Å². The lowest BCUT2D eigenvalue weighted by molar-refractivity contribution is 0.0946. The summed E-state index contributed by atoms with van der Waals surface area (Å²) in [5, 5.41) is 12.2. The molecule has 2 aromatic heterocycles. The van der Waals surface area contributed by atoms with Crippen molar-refractivity contribution in [2.75, 3.05) is 0 Å². The lowest BCUT2D eigenvalue weighted by Gasteiger charge is -2.25. The van der Waals surface area contributed by atoms with Gasteiger partial charge in [0, 0.05) is 29.7 Å². The number of amides is 1. The largest absolute Gasteiger partial charge is 0.361 e. The number of benzene rings is 1. The molecule has 1 aliphatic rings. The molecule has 0 spiro atoms. The normalized spacial score (nSPS) is 20.7. The van der Waals surface area contributed by atoms with Crippen molar-refractivity contribution >= 4 is 16.8 Å². The lowest BCUT2D eigenvalue weighted by atomic mass is 9.92. The number of nitrogens with two attached hydrogens (primary N) is 1. The highest BCUT2D eigenvalue weighted by Gasteiger charge is 2.22. The molecule has 2 heterocycles. The maximum atomic E-state index is 12.4. The molecule has 1 fully saturated rings. The number of aromatic amines is 1. The first kappa shape index (κ1) is 15.8. The third-order valence-corrected chi connectivity index (χ3v) is 4.98. The molecule has 0 radical (unpaired) electrons. The van der Waals surface area contributed by atoms with Crippen LogP contribution >= 0.6 is 0 Å². The summed E-state index contributed by atoms with van der Waals surface area (Å²) in [4.78, 5) is 15.6. The summed E-state index contributed by atoms with van der Waals surface area (Å²) in [5.41, 5.74) is 8.43. The van der Waals surface area contributed by atoms with Gasteiger partial charge in [-0.3, -0.25) is 4.79 Å². The first-order chi connectivity index (χ1) is 12.2. The van der Waals surface area contributed by atoms with Gasteiger partial charge < -0.3 is 16.0 Å². The van der Waals surface area contributed by atoms with E-state index in [2.05, 4.69) is 20.6 Å². The Bertz CT molecular complexity index is 874. The van der Waals surface area contributed by atoms with E-state index in [1.54, 1.807) is 6.20 Å². The standard InChI is InChI=1S/C18H22N6O/c19-13-4-6-14(7-5-13)24-11-17(22-23-24)18(25)21-10-12-2-1-3-16-15(12)8-9-20-16/h1-3,8-9,11,13-14,20H,4-7,10,19H2,(H,21,25). The maximum Gasteiger partial charge on any atom is 0.273 e. The Kier molecular flexibility index (Phi) is 4.23. The maximum absolute atomic E-state index is 12.4. The summed E-state index contributed by atoms with van der Waals surface area (Å²) >= 11 is 0. The van der Waals surface area contributed by atoms with Gasteiger partial charge in [0.25, 0.3) is 5.91 Å². The monoisotopic (exact) mass is 338 g/mol. The average molecular weight is 338 g/mol. The zero-order valence-electron chi connectivity index (χ0n) is 14.0. The molecule has 1 aromatic carbocycles. The molecular weight excluding hydrogens is 316 g/mol. The summed E-state index contributed by atoms with van der Waals surface area (Å²) in [6, 6.07) is 8.60. The molecule has 7 nitrogen and oxygen atoms in total. The quantitative estimate of drug-likeness (QED) is 0.678. The Labute approximate surface area is 145 Å². The number of nitrogens with zero attached hydrogens (tertiary/aromatic N) is 3. The third kappa shape index (κ3) is 3.28. The van der Waals surface area contributed by atoms with Crippen molar-refractivity contribution in [2.24, 2.45) is 5.73 Å². The average Bonchev–Trinajstić information content (AvgIpc) is 3.29. The van der Waals surface area contributed by atoms with Crippen LogP contribution < -0.4 is 11.1 Å². The van der Waals surface area contributed by atoms with E-state index in [4.69, 9.17) is 5.73 Å². The summed E-state index contributed by atoms with van der Waals surface area (Å²) in [6.07, 6.45) is 7.60. The summed E-state index contributed by atoms with van der Waals surface area (Å²) in [5.74, 6) is -0.203. The molecule has 1 amide bonds. The van der Waals surface area contributed by atoms with E-state index >= 15 is 0 Å². The summed E-state index contributed by atoms with van der Waals surface area (Å²) in [6.45, 7) is 0.458. The van der Waals surface area contributed by atoms with Gasteiger partial charge in [0.15, 0.2) is 5.69 Å². The topological polar surface area (TPSA) is 102 Å². The van der Waals surface area contributed by atoms with Crippen LogP contribution in [-0.4, -0.2) is 31.9 Å². The minimum atomic E-state index is -0.203. The summed E-state index contributed by atoms with van der Waals surface area (Å²) in [7, 11) is 0. The van der Waals surface area contributed by atoms with Crippen molar-refractivity contribution in [3.8, 4) is 0 Å². The fourth-order valence-corrected chi connectivity index (χ4v) is 3.50. The first-order valence-electron chi connectivity index (χ1n) is 8.71. The van der Waals surface area contributed by atoms with Crippen molar-refractivity contribution < 1.29 is 4.79 Å². The molecule has 7 heteroatoms. The molecule has 25 heavy (non-hydrogen) atoms. The van der Waals surface area contributed by atoms with Gasteiger partial charge in [0.1, 0.15) is 0 Å². The zero-order chi connectivity index (χ0) is 17.2. The van der Waals surface area contributed by atoms with Crippen LogP contribution in [0.4, 0.5) is 0 Å².